The number of para-hydroxylation sites is 1. The third-order valence-electron chi connectivity index (χ3n) is 5.89. The van der Waals surface area contributed by atoms with E-state index in [0.717, 1.165) is 18.2 Å². The maximum absolute atomic E-state index is 13.5. The Labute approximate surface area is 211 Å². The van der Waals surface area contributed by atoms with Gasteiger partial charge in [0.2, 0.25) is 0 Å². The molecule has 0 aliphatic rings. The normalized spacial score (nSPS) is 11.7. The van der Waals surface area contributed by atoms with Gasteiger partial charge in [-0.1, -0.05) is 41.9 Å². The van der Waals surface area contributed by atoms with Crippen molar-refractivity contribution in [3.8, 4) is 34.0 Å². The molecule has 2 N–H and O–H groups in total. The van der Waals surface area contributed by atoms with Crippen LogP contribution < -0.4 is 16.0 Å². The summed E-state index contributed by atoms with van der Waals surface area (Å²) in [6.07, 6.45) is -4.65. The van der Waals surface area contributed by atoms with Gasteiger partial charge in [0.25, 0.3) is 5.56 Å². The van der Waals surface area contributed by atoms with Gasteiger partial charge in [-0.2, -0.15) is 13.2 Å². The van der Waals surface area contributed by atoms with Crippen LogP contribution in [0.15, 0.2) is 82.4 Å². The molecule has 3 aromatic carbocycles. The molecular formula is C26H17ClF3N3O4. The minimum atomic E-state index is -4.65. The lowest BCUT2D eigenvalue weighted by Crippen LogP contribution is -2.34. The highest BCUT2D eigenvalue weighted by atomic mass is 35.5. The molecule has 0 atom stereocenters. The van der Waals surface area contributed by atoms with Crippen molar-refractivity contribution < 1.29 is 23.0 Å². The number of fused-ring (bicyclic) bond motifs is 1. The molecule has 7 nitrogen and oxygen atoms in total. The van der Waals surface area contributed by atoms with Crippen molar-refractivity contribution in [3.05, 3.63) is 104 Å². The highest BCUT2D eigenvalue weighted by Gasteiger charge is 2.31. The van der Waals surface area contributed by atoms with Crippen molar-refractivity contribution in [2.45, 2.75) is 6.18 Å². The SMILES string of the molecule is COc1cccc(-c2ccc(-n3c(Cl)cc4[nH]c(=O)n(-c5cccc(C(F)(F)F)c5)c(=O)c43)cc2)c1O. The first-order valence-corrected chi connectivity index (χ1v) is 11.2. The Morgan fingerprint density at radius 1 is 0.919 bits per heavy atom. The Hall–Kier alpha value is -4.44. The molecule has 2 aromatic heterocycles. The topological polar surface area (TPSA) is 89.2 Å². The van der Waals surface area contributed by atoms with Crippen LogP contribution >= 0.6 is 11.6 Å². The number of hydrogen-bond acceptors (Lipinski definition) is 4. The van der Waals surface area contributed by atoms with Gasteiger partial charge in [-0.15, -0.1) is 0 Å². The van der Waals surface area contributed by atoms with Crippen LogP contribution in [0.4, 0.5) is 13.2 Å². The molecule has 5 aromatic rings. The third-order valence-corrected chi connectivity index (χ3v) is 6.17. The van der Waals surface area contributed by atoms with Crippen LogP contribution in [0, 0.1) is 0 Å². The Bertz CT molecular complexity index is 1770. The van der Waals surface area contributed by atoms with E-state index in [1.54, 1.807) is 42.5 Å². The van der Waals surface area contributed by atoms with Crippen molar-refractivity contribution >= 4 is 22.6 Å². The number of halogens is 4. The first-order chi connectivity index (χ1) is 17.6. The number of nitrogens with zero attached hydrogens (tertiary/aromatic N) is 2. The number of hydrogen-bond donors (Lipinski definition) is 2. The lowest BCUT2D eigenvalue weighted by molar-refractivity contribution is -0.137. The van der Waals surface area contributed by atoms with E-state index in [2.05, 4.69) is 4.98 Å². The van der Waals surface area contributed by atoms with Gasteiger partial charge in [0.1, 0.15) is 10.7 Å². The summed E-state index contributed by atoms with van der Waals surface area (Å²) in [5.74, 6) is 0.267. The summed E-state index contributed by atoms with van der Waals surface area (Å²) < 4.78 is 46.9. The lowest BCUT2D eigenvalue weighted by atomic mass is 10.0. The molecule has 0 unspecified atom stereocenters. The molecule has 2 heterocycles. The molecule has 0 saturated carbocycles. The molecule has 0 aliphatic carbocycles. The van der Waals surface area contributed by atoms with Crippen molar-refractivity contribution in [1.29, 1.82) is 0 Å². The van der Waals surface area contributed by atoms with Crippen LogP contribution in [0.5, 0.6) is 11.5 Å². The number of ether oxygens (including phenoxy) is 1. The second kappa shape index (κ2) is 8.90. The number of rotatable bonds is 4. The van der Waals surface area contributed by atoms with Crippen molar-refractivity contribution in [2.24, 2.45) is 0 Å². The van der Waals surface area contributed by atoms with E-state index in [0.29, 0.717) is 27.1 Å². The van der Waals surface area contributed by atoms with Gasteiger partial charge >= 0.3 is 11.9 Å². The second-order valence-corrected chi connectivity index (χ2v) is 8.47. The van der Waals surface area contributed by atoms with Gasteiger partial charge in [0.15, 0.2) is 11.5 Å². The summed E-state index contributed by atoms with van der Waals surface area (Å²) in [6.45, 7) is 0. The Morgan fingerprint density at radius 2 is 1.62 bits per heavy atom. The molecule has 0 spiro atoms. The standard InChI is InChI=1S/C26H17ClF3N3O4/c1-37-20-7-3-6-18(23(20)34)14-8-10-16(11-9-14)32-21(27)13-19-22(32)24(35)33(25(36)31-19)17-5-2-4-15(12-17)26(28,29)30/h2-13,34H,1H3,(H,31,36). The van der Waals surface area contributed by atoms with Crippen molar-refractivity contribution in [2.75, 3.05) is 7.11 Å². The second-order valence-electron chi connectivity index (χ2n) is 8.09. The zero-order chi connectivity index (χ0) is 26.5. The highest BCUT2D eigenvalue weighted by Crippen LogP contribution is 2.37. The molecule has 0 aliphatic heterocycles. The average Bonchev–Trinajstić information content (AvgIpc) is 3.19. The molecule has 188 valence electrons. The van der Waals surface area contributed by atoms with Gasteiger partial charge in [-0.25, -0.2) is 9.36 Å². The molecule has 0 fully saturated rings. The summed E-state index contributed by atoms with van der Waals surface area (Å²) in [5, 5.41) is 10.6. The largest absolute Gasteiger partial charge is 0.504 e. The molecular weight excluding hydrogens is 511 g/mol. The van der Waals surface area contributed by atoms with E-state index in [1.807, 2.05) is 0 Å². The van der Waals surface area contributed by atoms with E-state index in [9.17, 15) is 27.9 Å². The fraction of sp³-hybridized carbons (Fsp3) is 0.0769. The summed E-state index contributed by atoms with van der Waals surface area (Å²) in [4.78, 5) is 28.7. The van der Waals surface area contributed by atoms with Crippen LogP contribution in [0.2, 0.25) is 5.15 Å². The smallest absolute Gasteiger partial charge is 0.416 e. The van der Waals surface area contributed by atoms with Crippen LogP contribution in [0.3, 0.4) is 0 Å². The number of H-pyrrole nitrogens is 1. The van der Waals surface area contributed by atoms with Gasteiger partial charge in [-0.05, 0) is 48.0 Å². The van der Waals surface area contributed by atoms with Crippen LogP contribution in [0.1, 0.15) is 5.56 Å². The number of aromatic hydroxyl groups is 1. The summed E-state index contributed by atoms with van der Waals surface area (Å²) in [6, 6.07) is 17.1. The van der Waals surface area contributed by atoms with E-state index in [4.69, 9.17) is 16.3 Å². The van der Waals surface area contributed by atoms with Gasteiger partial charge < -0.3 is 14.8 Å². The molecule has 0 bridgehead atoms. The van der Waals surface area contributed by atoms with Gasteiger partial charge in [0.05, 0.1) is 23.9 Å². The first-order valence-electron chi connectivity index (χ1n) is 10.8. The third kappa shape index (κ3) is 4.15. The number of phenols is 1. The quantitative estimate of drug-likeness (QED) is 0.322. The predicted octanol–water partition coefficient (Wildman–Crippen LogP) is 5.52. The predicted molar refractivity (Wildman–Crippen MR) is 133 cm³/mol. The summed E-state index contributed by atoms with van der Waals surface area (Å²) in [5.41, 5.74) is -1.28. The Balaban J connectivity index is 1.67. The van der Waals surface area contributed by atoms with Crippen LogP contribution in [0.25, 0.3) is 33.5 Å². The maximum atomic E-state index is 13.5. The lowest BCUT2D eigenvalue weighted by Gasteiger charge is -2.12. The molecule has 5 rings (SSSR count). The number of nitrogens with one attached hydrogen (secondary N) is 1. The minimum Gasteiger partial charge on any atom is -0.504 e. The zero-order valence-electron chi connectivity index (χ0n) is 19.0. The molecule has 0 amide bonds. The summed E-state index contributed by atoms with van der Waals surface area (Å²) in [7, 11) is 1.44. The monoisotopic (exact) mass is 527 g/mol. The minimum absolute atomic E-state index is 0.0287. The van der Waals surface area contributed by atoms with Gasteiger partial charge in [-0.3, -0.25) is 9.36 Å². The van der Waals surface area contributed by atoms with Crippen molar-refractivity contribution in [1.82, 2.24) is 14.1 Å². The van der Waals surface area contributed by atoms with E-state index in [1.165, 1.54) is 23.8 Å². The Kier molecular flexibility index (Phi) is 5.83. The maximum Gasteiger partial charge on any atom is 0.416 e. The fourth-order valence-electron chi connectivity index (χ4n) is 4.17. The number of benzene rings is 3. The molecule has 0 saturated heterocycles. The average molecular weight is 528 g/mol. The van der Waals surface area contributed by atoms with E-state index in [-0.39, 0.29) is 27.6 Å². The number of aromatic nitrogens is 3. The molecule has 0 radical (unpaired) electrons. The first kappa shape index (κ1) is 24.3. The highest BCUT2D eigenvalue weighted by molar-refractivity contribution is 6.31. The van der Waals surface area contributed by atoms with Crippen molar-refractivity contribution in [3.63, 3.8) is 0 Å². The Morgan fingerprint density at radius 3 is 2.30 bits per heavy atom. The molecule has 37 heavy (non-hydrogen) atoms. The number of phenolic OH excluding ortho intramolecular Hbond substituents is 1. The van der Waals surface area contributed by atoms with Crippen LogP contribution in [-0.4, -0.2) is 26.3 Å². The fourth-order valence-corrected chi connectivity index (χ4v) is 4.46. The number of alkyl halides is 3. The molecule has 11 heteroatoms. The van der Waals surface area contributed by atoms with E-state index < -0.39 is 23.0 Å². The number of methoxy groups -OCH3 is 1. The number of aromatic amines is 1. The van der Waals surface area contributed by atoms with E-state index >= 15 is 0 Å². The van der Waals surface area contributed by atoms with Gasteiger partial charge in [0, 0.05) is 11.3 Å². The zero-order valence-corrected chi connectivity index (χ0v) is 19.8. The summed E-state index contributed by atoms with van der Waals surface area (Å²) >= 11 is 6.42. The van der Waals surface area contributed by atoms with Crippen LogP contribution in [-0.2, 0) is 6.18 Å².